The maximum atomic E-state index is 6.09. The third-order valence-electron chi connectivity index (χ3n) is 5.76. The predicted molar refractivity (Wildman–Crippen MR) is 89.1 cm³/mol. The summed E-state index contributed by atoms with van der Waals surface area (Å²) < 4.78 is 14.3. The van der Waals surface area contributed by atoms with E-state index in [-0.39, 0.29) is 18.3 Å². The molecule has 22 heavy (non-hydrogen) atoms. The van der Waals surface area contributed by atoms with Gasteiger partial charge in [-0.2, -0.15) is 5.10 Å². The molecule has 0 spiro atoms. The molecule has 2 aliphatic rings. The van der Waals surface area contributed by atoms with Crippen LogP contribution in [0.4, 0.5) is 0 Å². The maximum Gasteiger partial charge on any atom is 0.498 e. The Balaban J connectivity index is 1.62. The van der Waals surface area contributed by atoms with Gasteiger partial charge >= 0.3 is 7.12 Å². The Morgan fingerprint density at radius 1 is 1.14 bits per heavy atom. The lowest BCUT2D eigenvalue weighted by atomic mass is 9.81. The summed E-state index contributed by atoms with van der Waals surface area (Å²) >= 11 is 0. The summed E-state index contributed by atoms with van der Waals surface area (Å²) in [5.74, 6) is 1.66. The third kappa shape index (κ3) is 3.11. The predicted octanol–water partition coefficient (Wildman–Crippen LogP) is 3.01. The molecule has 0 atom stereocenters. The fraction of sp³-hybridized carbons (Fsp3) is 0.824. The lowest BCUT2D eigenvalue weighted by Crippen LogP contribution is -2.41. The minimum Gasteiger partial charge on any atom is -0.399 e. The second-order valence-corrected chi connectivity index (χ2v) is 8.21. The first-order chi connectivity index (χ1) is 10.3. The molecule has 0 amide bonds. The van der Waals surface area contributed by atoms with Gasteiger partial charge in [0.1, 0.15) is 0 Å². The van der Waals surface area contributed by atoms with Crippen molar-refractivity contribution in [3.8, 4) is 0 Å². The van der Waals surface area contributed by atoms with Crippen molar-refractivity contribution in [3.05, 3.63) is 12.4 Å². The Hall–Kier alpha value is -0.805. The van der Waals surface area contributed by atoms with Crippen LogP contribution in [-0.4, -0.2) is 28.1 Å². The molecule has 0 radical (unpaired) electrons. The highest BCUT2D eigenvalue weighted by Gasteiger charge is 2.52. The van der Waals surface area contributed by atoms with Gasteiger partial charge in [-0.15, -0.1) is 0 Å². The molecule has 0 bridgehead atoms. The topological polar surface area (TPSA) is 36.3 Å². The van der Waals surface area contributed by atoms with E-state index in [9.17, 15) is 0 Å². The molecule has 2 fully saturated rings. The summed E-state index contributed by atoms with van der Waals surface area (Å²) in [6.07, 6.45) is 9.36. The van der Waals surface area contributed by atoms with Crippen molar-refractivity contribution in [1.29, 1.82) is 0 Å². The first-order valence-electron chi connectivity index (χ1n) is 8.65. The zero-order valence-electron chi connectivity index (χ0n) is 14.6. The van der Waals surface area contributed by atoms with E-state index in [0.29, 0.717) is 0 Å². The van der Waals surface area contributed by atoms with Crippen molar-refractivity contribution in [2.75, 3.05) is 0 Å². The summed E-state index contributed by atoms with van der Waals surface area (Å²) in [6.45, 7) is 11.7. The minimum atomic E-state index is -0.301. The molecular formula is C17H29BN2O2. The summed E-state index contributed by atoms with van der Waals surface area (Å²) in [4.78, 5) is 0. The molecule has 5 heteroatoms. The van der Waals surface area contributed by atoms with Crippen molar-refractivity contribution in [2.24, 2.45) is 11.8 Å². The quantitative estimate of drug-likeness (QED) is 0.805. The lowest BCUT2D eigenvalue weighted by Gasteiger charge is -2.32. The van der Waals surface area contributed by atoms with Crippen LogP contribution in [-0.2, 0) is 15.9 Å². The Labute approximate surface area is 134 Å². The molecular weight excluding hydrogens is 275 g/mol. The van der Waals surface area contributed by atoms with Gasteiger partial charge in [-0.3, -0.25) is 4.68 Å². The van der Waals surface area contributed by atoms with Crippen LogP contribution in [0, 0.1) is 11.8 Å². The second kappa shape index (κ2) is 5.68. The summed E-state index contributed by atoms with van der Waals surface area (Å²) in [5.41, 5.74) is 0.446. The van der Waals surface area contributed by atoms with E-state index in [1.807, 2.05) is 6.20 Å². The van der Waals surface area contributed by atoms with Crippen LogP contribution in [0.25, 0.3) is 0 Å². The van der Waals surface area contributed by atoms with Crippen LogP contribution in [0.1, 0.15) is 60.3 Å². The van der Waals surface area contributed by atoms with Crippen LogP contribution < -0.4 is 5.46 Å². The summed E-state index contributed by atoms with van der Waals surface area (Å²) in [5, 5.41) is 4.53. The molecule has 1 aromatic rings. The Kier molecular flexibility index (Phi) is 4.15. The van der Waals surface area contributed by atoms with Gasteiger partial charge in [0.2, 0.25) is 0 Å². The highest BCUT2D eigenvalue weighted by Crippen LogP contribution is 2.36. The zero-order chi connectivity index (χ0) is 16.0. The monoisotopic (exact) mass is 304 g/mol. The molecule has 1 aromatic heterocycles. The number of nitrogens with zero attached hydrogens (tertiary/aromatic N) is 2. The molecule has 1 aliphatic carbocycles. The van der Waals surface area contributed by atoms with E-state index in [4.69, 9.17) is 9.31 Å². The highest BCUT2D eigenvalue weighted by molar-refractivity contribution is 6.61. The standard InChI is InChI=1S/C17H29BN2O2/c1-13-6-8-14(9-7-13)11-20-12-15(10-19-20)18-21-16(2,3)17(4,5)22-18/h10,12-14H,6-9,11H2,1-5H3. The molecule has 4 nitrogen and oxygen atoms in total. The van der Waals surface area contributed by atoms with Gasteiger partial charge in [0.05, 0.1) is 11.2 Å². The first kappa shape index (κ1) is 16.1. The number of rotatable bonds is 3. The normalized spacial score (nSPS) is 30.7. The van der Waals surface area contributed by atoms with Crippen molar-refractivity contribution < 1.29 is 9.31 Å². The van der Waals surface area contributed by atoms with Gasteiger partial charge in [0.15, 0.2) is 0 Å². The van der Waals surface area contributed by atoms with Crippen LogP contribution in [0.3, 0.4) is 0 Å². The lowest BCUT2D eigenvalue weighted by molar-refractivity contribution is 0.00578. The first-order valence-corrected chi connectivity index (χ1v) is 8.65. The van der Waals surface area contributed by atoms with Crippen LogP contribution >= 0.6 is 0 Å². The molecule has 0 N–H and O–H groups in total. The average Bonchev–Trinajstić information content (AvgIpc) is 2.96. The van der Waals surface area contributed by atoms with Crippen molar-refractivity contribution in [1.82, 2.24) is 9.78 Å². The molecule has 1 saturated heterocycles. The largest absolute Gasteiger partial charge is 0.498 e. The number of hydrogen-bond acceptors (Lipinski definition) is 3. The molecule has 0 aromatic carbocycles. The van der Waals surface area contributed by atoms with Crippen LogP contribution in [0.5, 0.6) is 0 Å². The van der Waals surface area contributed by atoms with Crippen molar-refractivity contribution >= 4 is 12.6 Å². The highest BCUT2D eigenvalue weighted by atomic mass is 16.7. The summed E-state index contributed by atoms with van der Waals surface area (Å²) in [7, 11) is -0.301. The summed E-state index contributed by atoms with van der Waals surface area (Å²) in [6, 6.07) is 0. The maximum absolute atomic E-state index is 6.09. The van der Waals surface area contributed by atoms with Crippen molar-refractivity contribution in [2.45, 2.75) is 78.0 Å². The van der Waals surface area contributed by atoms with Gasteiger partial charge in [-0.05, 0) is 52.4 Å². The van der Waals surface area contributed by atoms with Gasteiger partial charge < -0.3 is 9.31 Å². The molecule has 3 rings (SSSR count). The van der Waals surface area contributed by atoms with E-state index in [1.165, 1.54) is 25.7 Å². The van der Waals surface area contributed by atoms with Gasteiger partial charge in [-0.1, -0.05) is 19.8 Å². The zero-order valence-corrected chi connectivity index (χ0v) is 14.6. The third-order valence-corrected chi connectivity index (χ3v) is 5.76. The van der Waals surface area contributed by atoms with Crippen molar-refractivity contribution in [3.63, 3.8) is 0 Å². The van der Waals surface area contributed by atoms with Gasteiger partial charge in [-0.25, -0.2) is 0 Å². The molecule has 1 saturated carbocycles. The van der Waals surface area contributed by atoms with E-state index in [0.717, 1.165) is 23.8 Å². The van der Waals surface area contributed by atoms with Crippen LogP contribution in [0.15, 0.2) is 12.4 Å². The second-order valence-electron chi connectivity index (χ2n) is 8.21. The molecule has 1 aliphatic heterocycles. The molecule has 122 valence electrons. The van der Waals surface area contributed by atoms with E-state index in [1.54, 1.807) is 0 Å². The van der Waals surface area contributed by atoms with Crippen LogP contribution in [0.2, 0.25) is 0 Å². The fourth-order valence-corrected chi connectivity index (χ4v) is 3.36. The average molecular weight is 304 g/mol. The van der Waals surface area contributed by atoms with E-state index < -0.39 is 0 Å². The Bertz CT molecular complexity index is 502. The minimum absolute atomic E-state index is 0.292. The Morgan fingerprint density at radius 2 is 1.73 bits per heavy atom. The van der Waals surface area contributed by atoms with E-state index >= 15 is 0 Å². The Morgan fingerprint density at radius 3 is 2.32 bits per heavy atom. The number of aromatic nitrogens is 2. The molecule has 0 unspecified atom stereocenters. The molecule has 2 heterocycles. The van der Waals surface area contributed by atoms with Gasteiger partial charge in [0.25, 0.3) is 0 Å². The SMILES string of the molecule is CC1CCC(Cn2cc(B3OC(C)(C)C(C)(C)O3)cn2)CC1. The van der Waals surface area contributed by atoms with Gasteiger partial charge in [0, 0.05) is 24.4 Å². The smallest absolute Gasteiger partial charge is 0.399 e. The number of hydrogen-bond donors (Lipinski definition) is 0. The fourth-order valence-electron chi connectivity index (χ4n) is 3.36. The van der Waals surface area contributed by atoms with E-state index in [2.05, 4.69) is 50.6 Å².